The second-order valence-electron chi connectivity index (χ2n) is 9.67. The van der Waals surface area contributed by atoms with Gasteiger partial charge in [-0.05, 0) is 60.4 Å². The minimum Gasteiger partial charge on any atom is -0.486 e. The highest BCUT2D eigenvalue weighted by Crippen LogP contribution is 2.43. The Labute approximate surface area is 243 Å². The van der Waals surface area contributed by atoms with Crippen molar-refractivity contribution in [3.63, 3.8) is 0 Å². The van der Waals surface area contributed by atoms with Crippen LogP contribution in [0, 0.1) is 6.92 Å². The van der Waals surface area contributed by atoms with Crippen molar-refractivity contribution in [1.82, 2.24) is 4.98 Å². The van der Waals surface area contributed by atoms with Crippen LogP contribution >= 0.6 is 11.3 Å². The SMILES string of the molecule is CCCc1ccc(OCc2ccc(C(=O)Nc3c(C(N)=O)sc4nc(C(F)(F)F)cc(-c5ccc(C)cc5)c34)o2)cc1. The lowest BCUT2D eigenvalue weighted by Gasteiger charge is -2.12. The molecule has 42 heavy (non-hydrogen) atoms. The summed E-state index contributed by atoms with van der Waals surface area (Å²) in [6.45, 7) is 4.02. The molecule has 0 saturated heterocycles. The van der Waals surface area contributed by atoms with Crippen LogP contribution in [0.3, 0.4) is 0 Å². The number of benzene rings is 2. The van der Waals surface area contributed by atoms with Crippen molar-refractivity contribution in [3.05, 3.63) is 99.9 Å². The number of hydrogen-bond acceptors (Lipinski definition) is 6. The summed E-state index contributed by atoms with van der Waals surface area (Å²) >= 11 is 0.675. The number of anilines is 1. The average Bonchev–Trinajstić information content (AvgIpc) is 3.58. The molecule has 2 amide bonds. The first-order valence-electron chi connectivity index (χ1n) is 13.1. The molecule has 3 heterocycles. The minimum absolute atomic E-state index is 0.0364. The number of fused-ring (bicyclic) bond motifs is 1. The first-order chi connectivity index (χ1) is 20.0. The summed E-state index contributed by atoms with van der Waals surface area (Å²) in [5.74, 6) is -0.710. The van der Waals surface area contributed by atoms with Gasteiger partial charge in [-0.15, -0.1) is 11.3 Å². The predicted molar refractivity (Wildman–Crippen MR) is 155 cm³/mol. The summed E-state index contributed by atoms with van der Waals surface area (Å²) < 4.78 is 52.7. The van der Waals surface area contributed by atoms with E-state index in [1.54, 1.807) is 30.3 Å². The molecule has 0 unspecified atom stereocenters. The first-order valence-corrected chi connectivity index (χ1v) is 13.9. The maximum Gasteiger partial charge on any atom is 0.433 e. The third kappa shape index (κ3) is 6.15. The summed E-state index contributed by atoms with van der Waals surface area (Å²) in [5, 5.41) is 2.80. The number of primary amides is 1. The quantitative estimate of drug-likeness (QED) is 0.182. The fraction of sp³-hybridized carbons (Fsp3) is 0.194. The number of rotatable bonds is 9. The van der Waals surface area contributed by atoms with Gasteiger partial charge in [-0.25, -0.2) is 4.98 Å². The lowest BCUT2D eigenvalue weighted by atomic mass is 10.00. The molecule has 0 fully saturated rings. The molecule has 216 valence electrons. The fourth-order valence-electron chi connectivity index (χ4n) is 4.45. The zero-order chi connectivity index (χ0) is 30.0. The van der Waals surface area contributed by atoms with Crippen LogP contribution in [0.2, 0.25) is 0 Å². The number of aromatic nitrogens is 1. The van der Waals surface area contributed by atoms with E-state index in [9.17, 15) is 22.8 Å². The Kier molecular flexibility index (Phi) is 8.04. The molecule has 5 rings (SSSR count). The number of nitrogens with two attached hydrogens (primary N) is 1. The second kappa shape index (κ2) is 11.7. The minimum atomic E-state index is -4.74. The fourth-order valence-corrected chi connectivity index (χ4v) is 5.45. The number of hydrogen-bond donors (Lipinski definition) is 2. The van der Waals surface area contributed by atoms with Gasteiger partial charge >= 0.3 is 6.18 Å². The molecule has 2 aromatic carbocycles. The number of aryl methyl sites for hydroxylation is 2. The van der Waals surface area contributed by atoms with E-state index in [1.165, 1.54) is 11.6 Å². The number of nitrogens with zero attached hydrogens (tertiary/aromatic N) is 1. The zero-order valence-corrected chi connectivity index (χ0v) is 23.5. The third-order valence-corrected chi connectivity index (χ3v) is 7.60. The monoisotopic (exact) mass is 593 g/mol. The highest BCUT2D eigenvalue weighted by molar-refractivity contribution is 7.21. The summed E-state index contributed by atoms with van der Waals surface area (Å²) in [7, 11) is 0. The Morgan fingerprint density at radius 1 is 1.05 bits per heavy atom. The molecule has 3 aromatic heterocycles. The molecular formula is C31H26F3N3O4S. The molecule has 0 aliphatic rings. The van der Waals surface area contributed by atoms with E-state index >= 15 is 0 Å². The Hall–Kier alpha value is -4.64. The van der Waals surface area contributed by atoms with Crippen molar-refractivity contribution in [2.45, 2.75) is 39.5 Å². The van der Waals surface area contributed by atoms with Gasteiger partial charge < -0.3 is 20.2 Å². The highest BCUT2D eigenvalue weighted by Gasteiger charge is 2.35. The Morgan fingerprint density at radius 2 is 1.76 bits per heavy atom. The van der Waals surface area contributed by atoms with Crippen LogP contribution in [0.4, 0.5) is 18.9 Å². The summed E-state index contributed by atoms with van der Waals surface area (Å²) in [6, 6.07) is 18.4. The van der Waals surface area contributed by atoms with Crippen LogP contribution < -0.4 is 15.8 Å². The summed E-state index contributed by atoms with van der Waals surface area (Å²) in [5.41, 5.74) is 7.11. The highest BCUT2D eigenvalue weighted by atomic mass is 32.1. The van der Waals surface area contributed by atoms with Gasteiger partial charge in [0.05, 0.1) is 5.69 Å². The van der Waals surface area contributed by atoms with E-state index in [2.05, 4.69) is 17.2 Å². The van der Waals surface area contributed by atoms with E-state index in [1.807, 2.05) is 31.2 Å². The van der Waals surface area contributed by atoms with Crippen LogP contribution in [-0.4, -0.2) is 16.8 Å². The van der Waals surface area contributed by atoms with Gasteiger partial charge in [0, 0.05) is 5.39 Å². The molecule has 0 aliphatic heterocycles. The van der Waals surface area contributed by atoms with Crippen LogP contribution in [-0.2, 0) is 19.2 Å². The molecule has 0 bridgehead atoms. The van der Waals surface area contributed by atoms with E-state index in [0.717, 1.165) is 24.5 Å². The Balaban J connectivity index is 1.46. The lowest BCUT2D eigenvalue weighted by molar-refractivity contribution is -0.140. The smallest absolute Gasteiger partial charge is 0.433 e. The molecule has 0 saturated carbocycles. The predicted octanol–water partition coefficient (Wildman–Crippen LogP) is 7.77. The van der Waals surface area contributed by atoms with Gasteiger partial charge in [0.1, 0.15) is 33.5 Å². The van der Waals surface area contributed by atoms with Crippen molar-refractivity contribution in [1.29, 1.82) is 0 Å². The lowest BCUT2D eigenvalue weighted by Crippen LogP contribution is -2.16. The standard InChI is InChI=1S/C31H26F3N3O4S/c1-3-4-18-7-11-20(12-8-18)40-16-21-13-14-23(41-21)29(39)37-26-25-22(19-9-5-17(2)6-10-19)15-24(31(32,33)34)36-30(25)42-27(26)28(35)38/h5-15H,3-4,16H2,1-2H3,(H2,35,38)(H,37,39). The van der Waals surface area contributed by atoms with Crippen molar-refractivity contribution in [2.24, 2.45) is 5.73 Å². The number of ether oxygens (including phenoxy) is 1. The molecule has 5 aromatic rings. The number of pyridine rings is 1. The van der Waals surface area contributed by atoms with Gasteiger partial charge in [-0.1, -0.05) is 55.3 Å². The molecule has 0 radical (unpaired) electrons. The topological polar surface area (TPSA) is 107 Å². The molecule has 11 heteroatoms. The number of carbonyl (C=O) groups is 2. The van der Waals surface area contributed by atoms with Gasteiger partial charge in [0.2, 0.25) is 0 Å². The van der Waals surface area contributed by atoms with Crippen LogP contribution in [0.15, 0.2) is 71.1 Å². The largest absolute Gasteiger partial charge is 0.486 e. The van der Waals surface area contributed by atoms with Crippen molar-refractivity contribution < 1.29 is 31.9 Å². The number of nitrogens with one attached hydrogen (secondary N) is 1. The molecule has 7 nitrogen and oxygen atoms in total. The van der Waals surface area contributed by atoms with Gasteiger partial charge in [0.25, 0.3) is 11.8 Å². The number of alkyl halides is 3. The van der Waals surface area contributed by atoms with E-state index in [-0.39, 0.29) is 38.7 Å². The summed E-state index contributed by atoms with van der Waals surface area (Å²) in [4.78, 5) is 29.1. The van der Waals surface area contributed by atoms with Gasteiger partial charge in [-0.3, -0.25) is 9.59 Å². The number of amides is 2. The summed E-state index contributed by atoms with van der Waals surface area (Å²) in [6.07, 6.45) is -2.73. The molecule has 3 N–H and O–H groups in total. The van der Waals surface area contributed by atoms with Gasteiger partial charge in [-0.2, -0.15) is 13.2 Å². The number of carbonyl (C=O) groups excluding carboxylic acids is 2. The van der Waals surface area contributed by atoms with Crippen molar-refractivity contribution in [3.8, 4) is 16.9 Å². The first kappa shape index (κ1) is 28.9. The maximum atomic E-state index is 13.8. The van der Waals surface area contributed by atoms with E-state index < -0.39 is 23.7 Å². The Morgan fingerprint density at radius 3 is 2.40 bits per heavy atom. The van der Waals surface area contributed by atoms with E-state index in [4.69, 9.17) is 14.9 Å². The normalized spacial score (nSPS) is 11.5. The number of thiophene rings is 1. The van der Waals surface area contributed by atoms with Crippen molar-refractivity contribution >= 4 is 39.1 Å². The second-order valence-corrected chi connectivity index (χ2v) is 10.7. The maximum absolute atomic E-state index is 13.8. The molecule has 0 atom stereocenters. The molecular weight excluding hydrogens is 567 g/mol. The Bertz CT molecular complexity index is 1760. The van der Waals surface area contributed by atoms with Crippen LogP contribution in [0.25, 0.3) is 21.3 Å². The average molecular weight is 594 g/mol. The number of halogens is 3. The van der Waals surface area contributed by atoms with Crippen LogP contribution in [0.5, 0.6) is 5.75 Å². The third-order valence-electron chi connectivity index (χ3n) is 6.51. The van der Waals surface area contributed by atoms with Gasteiger partial charge in [0.15, 0.2) is 5.76 Å². The van der Waals surface area contributed by atoms with E-state index in [0.29, 0.717) is 28.4 Å². The zero-order valence-electron chi connectivity index (χ0n) is 22.7. The number of furan rings is 1. The molecule has 0 spiro atoms. The molecule has 0 aliphatic carbocycles. The van der Waals surface area contributed by atoms with Crippen LogP contribution in [0.1, 0.15) is 56.2 Å². The van der Waals surface area contributed by atoms with Crippen molar-refractivity contribution in [2.75, 3.05) is 5.32 Å².